The molecule has 1 aromatic heterocycles. The predicted octanol–water partition coefficient (Wildman–Crippen LogP) is 1.32. The number of fused-ring (bicyclic) bond motifs is 1. The van der Waals surface area contributed by atoms with Gasteiger partial charge in [0.2, 0.25) is 0 Å². The van der Waals surface area contributed by atoms with Crippen molar-refractivity contribution in [2.24, 2.45) is 11.5 Å². The third-order valence-corrected chi connectivity index (χ3v) is 4.81. The first-order valence-electron chi connectivity index (χ1n) is 9.21. The molecule has 0 saturated carbocycles. The number of hydrogen-bond acceptors (Lipinski definition) is 6. The Balaban J connectivity index is 1.91. The Kier molecular flexibility index (Phi) is 6.41. The molecule has 0 fully saturated rings. The molecule has 7 nitrogen and oxygen atoms in total. The highest BCUT2D eigenvalue weighted by Crippen LogP contribution is 2.35. The summed E-state index contributed by atoms with van der Waals surface area (Å²) in [6, 6.07) is 16.6. The molecular weight excluding hydrogens is 354 g/mol. The minimum atomic E-state index is -1.01. The van der Waals surface area contributed by atoms with Gasteiger partial charge in [-0.25, -0.2) is 0 Å². The summed E-state index contributed by atoms with van der Waals surface area (Å²) in [6.07, 6.45) is -1.33. The predicted molar refractivity (Wildman–Crippen MR) is 109 cm³/mol. The van der Waals surface area contributed by atoms with Gasteiger partial charge < -0.3 is 26.7 Å². The lowest BCUT2D eigenvalue weighted by atomic mass is 10.00. The van der Waals surface area contributed by atoms with Crippen molar-refractivity contribution in [3.05, 3.63) is 59.8 Å². The molecule has 0 aliphatic rings. The number of hydrogen-bond donors (Lipinski definition) is 6. The molecule has 2 unspecified atom stereocenters. The standard InChI is InChI=1S/C21H25N5O2/c22-10-9-18(27)16(24)12-25-21(28)20-19(14-7-5-13(11-23)6-8-14)15-3-1-2-4-17(15)26-20/h1-8,16,18,21,25-28H,9-10,12,22,24H2/t16-,18?,21?/m0/s1. The summed E-state index contributed by atoms with van der Waals surface area (Å²) >= 11 is 0. The summed E-state index contributed by atoms with van der Waals surface area (Å²) in [5.74, 6) is 0. The molecule has 3 aromatic rings. The van der Waals surface area contributed by atoms with Crippen LogP contribution >= 0.6 is 0 Å². The topological polar surface area (TPSA) is 144 Å². The number of H-pyrrole nitrogens is 1. The van der Waals surface area contributed by atoms with Crippen LogP contribution in [0.1, 0.15) is 23.9 Å². The van der Waals surface area contributed by atoms with Gasteiger partial charge in [-0.1, -0.05) is 30.3 Å². The van der Waals surface area contributed by atoms with E-state index in [2.05, 4.69) is 16.4 Å². The molecule has 0 aliphatic carbocycles. The van der Waals surface area contributed by atoms with E-state index in [1.165, 1.54) is 0 Å². The number of nitrogens with zero attached hydrogens (tertiary/aromatic N) is 1. The summed E-state index contributed by atoms with van der Waals surface area (Å²) in [5.41, 5.74) is 15.2. The van der Waals surface area contributed by atoms with E-state index in [-0.39, 0.29) is 6.54 Å². The second-order valence-electron chi connectivity index (χ2n) is 6.77. The van der Waals surface area contributed by atoms with Crippen LogP contribution in [0, 0.1) is 11.3 Å². The van der Waals surface area contributed by atoms with Crippen LogP contribution < -0.4 is 16.8 Å². The Morgan fingerprint density at radius 1 is 1.11 bits per heavy atom. The van der Waals surface area contributed by atoms with Crippen LogP contribution in [-0.4, -0.2) is 40.4 Å². The number of aliphatic hydroxyl groups excluding tert-OH is 2. The minimum absolute atomic E-state index is 0.227. The van der Waals surface area contributed by atoms with Crippen molar-refractivity contribution in [1.82, 2.24) is 10.3 Å². The van der Waals surface area contributed by atoms with E-state index in [0.717, 1.165) is 22.0 Å². The highest BCUT2D eigenvalue weighted by atomic mass is 16.3. The van der Waals surface area contributed by atoms with Gasteiger partial charge in [0.25, 0.3) is 0 Å². The lowest BCUT2D eigenvalue weighted by Gasteiger charge is -2.21. The smallest absolute Gasteiger partial charge is 0.146 e. The zero-order chi connectivity index (χ0) is 20.1. The molecule has 7 heteroatoms. The summed E-state index contributed by atoms with van der Waals surface area (Å²) < 4.78 is 0. The second kappa shape index (κ2) is 8.97. The van der Waals surface area contributed by atoms with Crippen molar-refractivity contribution in [2.45, 2.75) is 24.8 Å². The van der Waals surface area contributed by atoms with Crippen molar-refractivity contribution in [3.63, 3.8) is 0 Å². The molecule has 0 spiro atoms. The molecule has 0 bridgehead atoms. The van der Waals surface area contributed by atoms with Crippen molar-refractivity contribution in [3.8, 4) is 17.2 Å². The molecule has 0 aliphatic heterocycles. The molecule has 3 atom stereocenters. The van der Waals surface area contributed by atoms with Crippen LogP contribution in [0.5, 0.6) is 0 Å². The molecule has 8 N–H and O–H groups in total. The number of benzene rings is 2. The number of aromatic nitrogens is 1. The Labute approximate surface area is 163 Å². The summed E-state index contributed by atoms with van der Waals surface area (Å²) in [6.45, 7) is 0.576. The van der Waals surface area contributed by atoms with Crippen molar-refractivity contribution in [1.29, 1.82) is 5.26 Å². The highest BCUT2D eigenvalue weighted by Gasteiger charge is 2.21. The molecule has 28 heavy (non-hydrogen) atoms. The van der Waals surface area contributed by atoms with Gasteiger partial charge in [0, 0.05) is 29.1 Å². The molecule has 0 amide bonds. The summed E-state index contributed by atoms with van der Waals surface area (Å²) in [4.78, 5) is 3.27. The van der Waals surface area contributed by atoms with E-state index in [4.69, 9.17) is 16.7 Å². The first-order chi connectivity index (χ1) is 13.5. The maximum atomic E-state index is 10.8. The van der Waals surface area contributed by atoms with Gasteiger partial charge in [-0.15, -0.1) is 0 Å². The number of nitrogens with two attached hydrogens (primary N) is 2. The van der Waals surface area contributed by atoms with Crippen molar-refractivity contribution < 1.29 is 10.2 Å². The first-order valence-corrected chi connectivity index (χ1v) is 9.21. The van der Waals surface area contributed by atoms with Crippen LogP contribution in [-0.2, 0) is 0 Å². The molecule has 2 aromatic carbocycles. The van der Waals surface area contributed by atoms with Crippen molar-refractivity contribution in [2.75, 3.05) is 13.1 Å². The van der Waals surface area contributed by atoms with Gasteiger partial charge in [-0.3, -0.25) is 5.32 Å². The van der Waals surface area contributed by atoms with E-state index < -0.39 is 18.4 Å². The van der Waals surface area contributed by atoms with Gasteiger partial charge in [-0.2, -0.15) is 5.26 Å². The van der Waals surface area contributed by atoms with Crippen LogP contribution in [0.15, 0.2) is 48.5 Å². The second-order valence-corrected chi connectivity index (χ2v) is 6.77. The minimum Gasteiger partial charge on any atom is -0.391 e. The number of aliphatic hydroxyl groups is 2. The zero-order valence-corrected chi connectivity index (χ0v) is 15.5. The zero-order valence-electron chi connectivity index (χ0n) is 15.5. The summed E-state index contributed by atoms with van der Waals surface area (Å²) in [7, 11) is 0. The van der Waals surface area contributed by atoms with Gasteiger partial charge in [0.15, 0.2) is 0 Å². The van der Waals surface area contributed by atoms with Gasteiger partial charge in [-0.05, 0) is 36.7 Å². The Bertz CT molecular complexity index is 961. The SMILES string of the molecule is N#Cc1ccc(-c2c(C(O)NC[C@H](N)C(O)CCN)[nH]c3ccccc23)cc1. The average molecular weight is 379 g/mol. The molecular formula is C21H25N5O2. The highest BCUT2D eigenvalue weighted by molar-refractivity contribution is 5.97. The molecule has 0 radical (unpaired) electrons. The lowest BCUT2D eigenvalue weighted by molar-refractivity contribution is 0.104. The fourth-order valence-corrected chi connectivity index (χ4v) is 3.26. The van der Waals surface area contributed by atoms with E-state index in [0.29, 0.717) is 24.2 Å². The van der Waals surface area contributed by atoms with Gasteiger partial charge >= 0.3 is 0 Å². The Hall–Kier alpha value is -2.73. The Morgan fingerprint density at radius 2 is 1.82 bits per heavy atom. The molecule has 1 heterocycles. The number of nitriles is 1. The Morgan fingerprint density at radius 3 is 2.50 bits per heavy atom. The molecule has 3 rings (SSSR count). The maximum Gasteiger partial charge on any atom is 0.146 e. The number of para-hydroxylation sites is 1. The van der Waals surface area contributed by atoms with Gasteiger partial charge in [0.05, 0.1) is 23.4 Å². The quantitative estimate of drug-likeness (QED) is 0.326. The lowest BCUT2D eigenvalue weighted by Crippen LogP contribution is -2.45. The number of rotatable bonds is 8. The molecule has 0 saturated heterocycles. The first kappa shape index (κ1) is 20.0. The number of aromatic amines is 1. The maximum absolute atomic E-state index is 10.8. The normalized spacial score (nSPS) is 14.5. The summed E-state index contributed by atoms with van der Waals surface area (Å²) in [5, 5.41) is 33.7. The van der Waals surface area contributed by atoms with E-state index in [1.807, 2.05) is 36.4 Å². The average Bonchev–Trinajstić information content (AvgIpc) is 3.11. The van der Waals surface area contributed by atoms with E-state index in [9.17, 15) is 10.2 Å². The monoisotopic (exact) mass is 379 g/mol. The van der Waals surface area contributed by atoms with Crippen LogP contribution in [0.4, 0.5) is 0 Å². The third kappa shape index (κ3) is 4.22. The molecule has 146 valence electrons. The fraction of sp³-hybridized carbons (Fsp3) is 0.286. The number of nitrogens with one attached hydrogen (secondary N) is 2. The third-order valence-electron chi connectivity index (χ3n) is 4.81. The van der Waals surface area contributed by atoms with Crippen LogP contribution in [0.25, 0.3) is 22.0 Å². The van der Waals surface area contributed by atoms with E-state index >= 15 is 0 Å². The van der Waals surface area contributed by atoms with Gasteiger partial charge in [0.1, 0.15) is 6.23 Å². The van der Waals surface area contributed by atoms with E-state index in [1.54, 1.807) is 12.1 Å². The largest absolute Gasteiger partial charge is 0.391 e. The fourth-order valence-electron chi connectivity index (χ4n) is 3.26. The van der Waals surface area contributed by atoms with Crippen LogP contribution in [0.2, 0.25) is 0 Å². The van der Waals surface area contributed by atoms with Crippen molar-refractivity contribution >= 4 is 10.9 Å². The van der Waals surface area contributed by atoms with Crippen LogP contribution in [0.3, 0.4) is 0 Å².